The van der Waals surface area contributed by atoms with Crippen LogP contribution in [-0.2, 0) is 9.73 Å². The average Bonchev–Trinajstić information content (AvgIpc) is 2.66. The van der Waals surface area contributed by atoms with E-state index < -0.39 is 9.73 Å². The molecule has 0 saturated heterocycles. The zero-order valence-electron chi connectivity index (χ0n) is 7.46. The van der Waals surface area contributed by atoms with Crippen LogP contribution in [0.15, 0.2) is 0 Å². The first-order valence-corrected chi connectivity index (χ1v) is 5.91. The van der Waals surface area contributed by atoms with Gasteiger partial charge in [0.15, 0.2) is 0 Å². The Morgan fingerprint density at radius 1 is 1.36 bits per heavy atom. The van der Waals surface area contributed by atoms with Gasteiger partial charge >= 0.3 is 0 Å². The van der Waals surface area contributed by atoms with Gasteiger partial charge in [-0.25, -0.2) is 4.21 Å². The molecule has 0 aliphatic heterocycles. The first-order valence-electron chi connectivity index (χ1n) is 4.22. The molecule has 0 amide bonds. The molecular formula is C8H17NOS. The Bertz CT molecular complexity index is 226. The van der Waals surface area contributed by atoms with E-state index in [-0.39, 0.29) is 10.5 Å². The van der Waals surface area contributed by atoms with Crippen LogP contribution >= 0.6 is 0 Å². The van der Waals surface area contributed by atoms with Crippen LogP contribution in [0.4, 0.5) is 0 Å². The molecule has 0 radical (unpaired) electrons. The highest BCUT2D eigenvalue weighted by Gasteiger charge is 2.36. The topological polar surface area (TPSA) is 40.9 Å². The Morgan fingerprint density at radius 2 is 1.82 bits per heavy atom. The molecule has 0 bridgehead atoms. The average molecular weight is 175 g/mol. The van der Waals surface area contributed by atoms with Crippen molar-refractivity contribution in [2.75, 3.05) is 0 Å². The second-order valence-electron chi connectivity index (χ2n) is 3.80. The summed E-state index contributed by atoms with van der Waals surface area (Å²) in [6, 6.07) is 0. The van der Waals surface area contributed by atoms with E-state index in [9.17, 15) is 4.21 Å². The Morgan fingerprint density at radius 3 is 2.09 bits per heavy atom. The summed E-state index contributed by atoms with van der Waals surface area (Å²) in [5, 5.41) is 0.287. The Kier molecular flexibility index (Phi) is 2.28. The third-order valence-electron chi connectivity index (χ3n) is 2.51. The van der Waals surface area contributed by atoms with Gasteiger partial charge in [0.25, 0.3) is 0 Å². The van der Waals surface area contributed by atoms with Gasteiger partial charge < -0.3 is 0 Å². The van der Waals surface area contributed by atoms with Crippen molar-refractivity contribution in [3.63, 3.8) is 0 Å². The van der Waals surface area contributed by atoms with Crippen LogP contribution in [0.25, 0.3) is 0 Å². The van der Waals surface area contributed by atoms with E-state index in [1.165, 1.54) is 0 Å². The van der Waals surface area contributed by atoms with E-state index in [1.54, 1.807) is 0 Å². The highest BCUT2D eigenvalue weighted by atomic mass is 32.2. The molecule has 1 N–H and O–H groups in total. The van der Waals surface area contributed by atoms with Gasteiger partial charge in [-0.1, -0.05) is 13.8 Å². The molecule has 0 unspecified atom stereocenters. The van der Waals surface area contributed by atoms with Crippen molar-refractivity contribution >= 4 is 9.73 Å². The van der Waals surface area contributed by atoms with E-state index in [1.807, 2.05) is 20.8 Å². The second kappa shape index (κ2) is 2.77. The van der Waals surface area contributed by atoms with Gasteiger partial charge in [0.2, 0.25) is 0 Å². The molecule has 0 aromatic rings. The zero-order chi connectivity index (χ0) is 8.65. The van der Waals surface area contributed by atoms with E-state index in [4.69, 9.17) is 4.78 Å². The quantitative estimate of drug-likeness (QED) is 0.702. The van der Waals surface area contributed by atoms with E-state index >= 15 is 0 Å². The van der Waals surface area contributed by atoms with Gasteiger partial charge in [0, 0.05) is 20.2 Å². The summed E-state index contributed by atoms with van der Waals surface area (Å²) >= 11 is 0. The Hall–Kier alpha value is -0.0500. The fourth-order valence-electron chi connectivity index (χ4n) is 1.13. The maximum atomic E-state index is 11.8. The summed E-state index contributed by atoms with van der Waals surface area (Å²) in [7, 11) is -2.27. The largest absolute Gasteiger partial charge is 0.252 e. The first-order chi connectivity index (χ1) is 4.96. The third kappa shape index (κ3) is 1.75. The van der Waals surface area contributed by atoms with Crippen LogP contribution in [0.5, 0.6) is 0 Å². The van der Waals surface area contributed by atoms with Gasteiger partial charge in [-0.2, -0.15) is 0 Å². The number of nitrogens with one attached hydrogen (secondary N) is 1. The molecule has 66 valence electrons. The van der Waals surface area contributed by atoms with Crippen LogP contribution in [0.1, 0.15) is 33.6 Å². The molecule has 2 nitrogen and oxygen atoms in total. The van der Waals surface area contributed by atoms with E-state index in [0.29, 0.717) is 5.92 Å². The van der Waals surface area contributed by atoms with Crippen molar-refractivity contribution in [2.45, 2.75) is 44.1 Å². The van der Waals surface area contributed by atoms with Gasteiger partial charge in [0.1, 0.15) is 0 Å². The molecule has 1 aliphatic carbocycles. The summed E-state index contributed by atoms with van der Waals surface area (Å²) < 4.78 is 19.5. The van der Waals surface area contributed by atoms with Gasteiger partial charge in [-0.3, -0.25) is 4.78 Å². The molecule has 1 aliphatic rings. The second-order valence-corrected chi connectivity index (χ2v) is 6.50. The minimum atomic E-state index is -2.27. The zero-order valence-corrected chi connectivity index (χ0v) is 8.28. The summed E-state index contributed by atoms with van der Waals surface area (Å²) in [6.45, 7) is 6.03. The van der Waals surface area contributed by atoms with Crippen molar-refractivity contribution in [3.8, 4) is 0 Å². The number of hydrogen-bond donors (Lipinski definition) is 1. The maximum absolute atomic E-state index is 11.8. The molecule has 0 aromatic carbocycles. The van der Waals surface area contributed by atoms with E-state index in [2.05, 4.69) is 0 Å². The van der Waals surface area contributed by atoms with Gasteiger partial charge in [-0.05, 0) is 25.7 Å². The lowest BCUT2D eigenvalue weighted by Crippen LogP contribution is -2.25. The smallest absolute Gasteiger partial charge is 0.0499 e. The minimum absolute atomic E-state index is 0.0648. The number of rotatable bonds is 3. The predicted molar refractivity (Wildman–Crippen MR) is 48.2 cm³/mol. The predicted octanol–water partition coefficient (Wildman–Crippen LogP) is 2.24. The highest BCUT2D eigenvalue weighted by Crippen LogP contribution is 2.33. The third-order valence-corrected chi connectivity index (χ3v) is 5.62. The van der Waals surface area contributed by atoms with Crippen LogP contribution < -0.4 is 0 Å². The molecular weight excluding hydrogens is 158 g/mol. The molecule has 0 aromatic heterocycles. The van der Waals surface area contributed by atoms with Crippen LogP contribution in [-0.4, -0.2) is 14.7 Å². The normalized spacial score (nSPS) is 26.5. The number of hydrogen-bond acceptors (Lipinski definition) is 2. The lowest BCUT2D eigenvalue weighted by Gasteiger charge is -2.18. The van der Waals surface area contributed by atoms with Crippen LogP contribution in [0.3, 0.4) is 0 Å². The van der Waals surface area contributed by atoms with Crippen LogP contribution in [0.2, 0.25) is 0 Å². The fraction of sp³-hybridized carbons (Fsp3) is 1.00. The van der Waals surface area contributed by atoms with E-state index in [0.717, 1.165) is 12.8 Å². The molecule has 2 atom stereocenters. The fourth-order valence-corrected chi connectivity index (χ4v) is 3.38. The Labute approximate surface area is 69.4 Å². The van der Waals surface area contributed by atoms with Crippen molar-refractivity contribution in [2.24, 2.45) is 5.92 Å². The van der Waals surface area contributed by atoms with Gasteiger partial charge in [-0.15, -0.1) is 0 Å². The van der Waals surface area contributed by atoms with Crippen LogP contribution in [0, 0.1) is 10.7 Å². The van der Waals surface area contributed by atoms with Crippen molar-refractivity contribution in [1.29, 1.82) is 4.78 Å². The first kappa shape index (κ1) is 9.04. The van der Waals surface area contributed by atoms with Crippen molar-refractivity contribution in [3.05, 3.63) is 0 Å². The summed E-state index contributed by atoms with van der Waals surface area (Å²) in [6.07, 6.45) is 2.03. The molecule has 1 saturated carbocycles. The van der Waals surface area contributed by atoms with Gasteiger partial charge in [0.05, 0.1) is 0 Å². The molecule has 1 rings (SSSR count). The standard InChI is InChI=1S/C8H17NOS/c1-6(2)7(3)11(9,10)8-4-5-8/h6-9H,4-5H2,1-3H3/t7-,11+/m1/s1. The maximum Gasteiger partial charge on any atom is 0.0499 e. The molecule has 11 heavy (non-hydrogen) atoms. The molecule has 0 heterocycles. The minimum Gasteiger partial charge on any atom is -0.252 e. The monoisotopic (exact) mass is 175 g/mol. The lowest BCUT2D eigenvalue weighted by atomic mass is 10.2. The lowest BCUT2D eigenvalue weighted by molar-refractivity contribution is 0.596. The summed E-state index contributed by atoms with van der Waals surface area (Å²) in [5.74, 6) is 0.376. The Balaban J connectivity index is 2.71. The summed E-state index contributed by atoms with van der Waals surface area (Å²) in [5.41, 5.74) is 0. The highest BCUT2D eigenvalue weighted by molar-refractivity contribution is 7.93. The van der Waals surface area contributed by atoms with Crippen molar-refractivity contribution in [1.82, 2.24) is 0 Å². The molecule has 1 fully saturated rings. The molecule has 0 spiro atoms. The molecule has 3 heteroatoms. The summed E-state index contributed by atoms with van der Waals surface area (Å²) in [4.78, 5) is 0. The SMILES string of the molecule is CC(C)[C@@H](C)[S@](=N)(=O)C1CC1. The van der Waals surface area contributed by atoms with Crippen molar-refractivity contribution < 1.29 is 4.21 Å².